The smallest absolute Gasteiger partial charge is 0.348 e. The Kier molecular flexibility index (Phi) is 3.57. The van der Waals surface area contributed by atoms with Crippen LogP contribution in [0.5, 0.6) is 0 Å². The molecule has 8 heteroatoms. The Bertz CT molecular complexity index is 1020. The lowest BCUT2D eigenvalue weighted by Gasteiger charge is -2.36. The summed E-state index contributed by atoms with van der Waals surface area (Å²) in [4.78, 5) is 38.9. The number of hydrogen-bond acceptors (Lipinski definition) is 5. The first-order valence-electron chi connectivity index (χ1n) is 9.40. The topological polar surface area (TPSA) is 98.8 Å². The summed E-state index contributed by atoms with van der Waals surface area (Å²) in [6.45, 7) is 2.21. The third kappa shape index (κ3) is 2.20. The summed E-state index contributed by atoms with van der Waals surface area (Å²) in [5.41, 5.74) is 0.00847. The number of aliphatic hydroxyl groups excluding tert-OH is 1. The van der Waals surface area contributed by atoms with Crippen LogP contribution in [0.15, 0.2) is 39.9 Å². The summed E-state index contributed by atoms with van der Waals surface area (Å²) >= 11 is 0. The van der Waals surface area contributed by atoms with Gasteiger partial charge in [0.15, 0.2) is 5.78 Å². The molecule has 1 saturated heterocycles. The minimum atomic E-state index is -0.964. The number of hydrogen-bond donors (Lipinski definition) is 1. The SMILES string of the molecule is CC[C@@H](c1ccccc1)n1c(=O)n2n(c1=O)[C@H]1[C@H](O)[C@@H]3O[C@@H]3C(=O)[C@H]1CC2. The molecular weight excluding hydrogens is 350 g/mol. The van der Waals surface area contributed by atoms with Gasteiger partial charge >= 0.3 is 11.4 Å². The summed E-state index contributed by atoms with van der Waals surface area (Å²) in [6, 6.07) is 8.29. The molecule has 2 fully saturated rings. The molecule has 0 spiro atoms. The van der Waals surface area contributed by atoms with Crippen molar-refractivity contribution in [3.8, 4) is 0 Å². The van der Waals surface area contributed by atoms with Gasteiger partial charge in [-0.05, 0) is 18.4 Å². The minimum Gasteiger partial charge on any atom is -0.388 e. The van der Waals surface area contributed by atoms with E-state index in [-0.39, 0.29) is 12.3 Å². The van der Waals surface area contributed by atoms with E-state index in [2.05, 4.69) is 0 Å². The number of ketones is 1. The minimum absolute atomic E-state index is 0.0660. The van der Waals surface area contributed by atoms with Gasteiger partial charge in [-0.15, -0.1) is 0 Å². The van der Waals surface area contributed by atoms with Gasteiger partial charge in [0.1, 0.15) is 18.3 Å². The van der Waals surface area contributed by atoms with Crippen LogP contribution in [-0.4, -0.2) is 43.1 Å². The van der Waals surface area contributed by atoms with Crippen molar-refractivity contribution in [2.75, 3.05) is 0 Å². The first-order valence-corrected chi connectivity index (χ1v) is 9.40. The molecule has 2 aromatic rings. The van der Waals surface area contributed by atoms with Crippen LogP contribution in [0.1, 0.15) is 37.4 Å². The van der Waals surface area contributed by atoms with Crippen molar-refractivity contribution in [1.82, 2.24) is 13.9 Å². The van der Waals surface area contributed by atoms with Crippen LogP contribution in [0.25, 0.3) is 0 Å². The Hall–Kier alpha value is -2.45. The number of fused-ring (bicyclic) bond motifs is 4. The van der Waals surface area contributed by atoms with E-state index in [1.54, 1.807) is 0 Å². The number of nitrogens with zero attached hydrogens (tertiary/aromatic N) is 3. The molecule has 3 heterocycles. The molecule has 0 bridgehead atoms. The molecule has 3 aliphatic rings. The van der Waals surface area contributed by atoms with E-state index in [4.69, 9.17) is 4.74 Å². The Morgan fingerprint density at radius 3 is 2.63 bits per heavy atom. The molecule has 2 aliphatic heterocycles. The van der Waals surface area contributed by atoms with Gasteiger partial charge in [0.2, 0.25) is 0 Å². The number of epoxide rings is 1. The third-order valence-electron chi connectivity index (χ3n) is 6.18. The number of Topliss-reactive ketones (excluding diaryl/α,β-unsaturated/α-hetero) is 1. The van der Waals surface area contributed by atoms with Crippen molar-refractivity contribution in [1.29, 1.82) is 0 Å². The van der Waals surface area contributed by atoms with Gasteiger partial charge in [-0.25, -0.2) is 23.5 Å². The number of aromatic nitrogens is 3. The summed E-state index contributed by atoms with van der Waals surface area (Å²) in [5, 5.41) is 10.7. The molecular formula is C19H21N3O5. The zero-order valence-corrected chi connectivity index (χ0v) is 14.9. The molecule has 1 aromatic carbocycles. The fraction of sp³-hybridized carbons (Fsp3) is 0.526. The summed E-state index contributed by atoms with van der Waals surface area (Å²) in [5.74, 6) is -0.558. The first-order chi connectivity index (χ1) is 13.0. The Balaban J connectivity index is 1.67. The van der Waals surface area contributed by atoms with Crippen LogP contribution in [-0.2, 0) is 16.1 Å². The van der Waals surface area contributed by atoms with Crippen molar-refractivity contribution < 1.29 is 14.6 Å². The molecule has 5 rings (SSSR count). The van der Waals surface area contributed by atoms with Crippen LogP contribution in [0.4, 0.5) is 0 Å². The number of benzene rings is 1. The lowest BCUT2D eigenvalue weighted by Crippen LogP contribution is -2.52. The summed E-state index contributed by atoms with van der Waals surface area (Å²) in [7, 11) is 0. The molecule has 27 heavy (non-hydrogen) atoms. The number of carbonyl (C=O) groups is 1. The maximum absolute atomic E-state index is 13.3. The number of aliphatic hydroxyl groups is 1. The molecule has 0 amide bonds. The van der Waals surface area contributed by atoms with Crippen molar-refractivity contribution in [3.63, 3.8) is 0 Å². The second-order valence-corrected chi connectivity index (χ2v) is 7.54. The number of ether oxygens (including phenoxy) is 1. The average Bonchev–Trinajstić information content (AvgIpc) is 3.46. The molecule has 8 nitrogen and oxygen atoms in total. The van der Waals surface area contributed by atoms with E-state index in [1.807, 2.05) is 37.3 Å². The molecule has 6 atom stereocenters. The molecule has 1 aliphatic carbocycles. The monoisotopic (exact) mass is 371 g/mol. The van der Waals surface area contributed by atoms with Crippen LogP contribution in [0.3, 0.4) is 0 Å². The molecule has 142 valence electrons. The maximum Gasteiger partial charge on any atom is 0.348 e. The van der Waals surface area contributed by atoms with Crippen molar-refractivity contribution in [3.05, 3.63) is 56.9 Å². The standard InChI is InChI=1S/C19H21N3O5/c1-2-12(10-6-4-3-5-7-10)21-18(25)20-9-8-11-13(22(20)19(21)26)15(24)17-16(27-17)14(11)23/h3-7,11-13,15-17,24H,2,8-9H2,1H3/t11-,12-,13+,15-,16+,17-/m0/s1. The highest BCUT2D eigenvalue weighted by atomic mass is 16.6. The van der Waals surface area contributed by atoms with Crippen molar-refractivity contribution >= 4 is 5.78 Å². The van der Waals surface area contributed by atoms with Gasteiger partial charge in [0.05, 0.1) is 12.1 Å². The number of rotatable bonds is 3. The molecule has 0 unspecified atom stereocenters. The normalized spacial score (nSPS) is 32.4. The Morgan fingerprint density at radius 1 is 1.19 bits per heavy atom. The van der Waals surface area contributed by atoms with Crippen LogP contribution < -0.4 is 11.4 Å². The highest BCUT2D eigenvalue weighted by molar-refractivity contribution is 5.90. The lowest BCUT2D eigenvalue weighted by atomic mass is 9.79. The van der Waals surface area contributed by atoms with E-state index >= 15 is 0 Å². The van der Waals surface area contributed by atoms with Crippen LogP contribution >= 0.6 is 0 Å². The highest BCUT2D eigenvalue weighted by Crippen LogP contribution is 2.45. The quantitative estimate of drug-likeness (QED) is 0.771. The van der Waals surface area contributed by atoms with Crippen LogP contribution in [0, 0.1) is 5.92 Å². The van der Waals surface area contributed by atoms with E-state index in [0.29, 0.717) is 12.8 Å². The second kappa shape index (κ2) is 5.77. The maximum atomic E-state index is 13.3. The first kappa shape index (κ1) is 16.7. The van der Waals surface area contributed by atoms with Gasteiger partial charge in [-0.2, -0.15) is 0 Å². The van der Waals surface area contributed by atoms with Gasteiger partial charge in [0, 0.05) is 12.5 Å². The van der Waals surface area contributed by atoms with E-state index in [9.17, 15) is 19.5 Å². The van der Waals surface area contributed by atoms with Crippen molar-refractivity contribution in [2.24, 2.45) is 5.92 Å². The lowest BCUT2D eigenvalue weighted by molar-refractivity contribution is -0.130. The zero-order chi connectivity index (χ0) is 18.9. The van der Waals surface area contributed by atoms with E-state index in [1.165, 1.54) is 13.9 Å². The Morgan fingerprint density at radius 2 is 1.93 bits per heavy atom. The fourth-order valence-corrected chi connectivity index (χ4v) is 4.83. The largest absolute Gasteiger partial charge is 0.388 e. The molecule has 1 saturated carbocycles. The van der Waals surface area contributed by atoms with Crippen LogP contribution in [0.2, 0.25) is 0 Å². The van der Waals surface area contributed by atoms with Gasteiger partial charge < -0.3 is 9.84 Å². The predicted octanol–water partition coefficient (Wildman–Crippen LogP) is 0.0829. The molecule has 1 aromatic heterocycles. The van der Waals surface area contributed by atoms with E-state index < -0.39 is 47.7 Å². The summed E-state index contributed by atoms with van der Waals surface area (Å²) in [6.07, 6.45) is -1.07. The van der Waals surface area contributed by atoms with Gasteiger partial charge in [0.25, 0.3) is 0 Å². The fourth-order valence-electron chi connectivity index (χ4n) is 4.83. The Labute approximate surface area is 154 Å². The predicted molar refractivity (Wildman–Crippen MR) is 94.6 cm³/mol. The van der Waals surface area contributed by atoms with Gasteiger partial charge in [-0.3, -0.25) is 4.79 Å². The zero-order valence-electron chi connectivity index (χ0n) is 14.9. The third-order valence-corrected chi connectivity index (χ3v) is 6.18. The number of carbonyl (C=O) groups excluding carboxylic acids is 1. The molecule has 0 radical (unpaired) electrons. The average molecular weight is 371 g/mol. The van der Waals surface area contributed by atoms with Gasteiger partial charge in [-0.1, -0.05) is 37.3 Å². The highest BCUT2D eigenvalue weighted by Gasteiger charge is 2.62. The van der Waals surface area contributed by atoms with E-state index in [0.717, 1.165) is 5.56 Å². The van der Waals surface area contributed by atoms with Crippen molar-refractivity contribution in [2.45, 2.75) is 56.7 Å². The second-order valence-electron chi connectivity index (χ2n) is 7.54. The molecule has 1 N–H and O–H groups in total. The summed E-state index contributed by atoms with van der Waals surface area (Å²) < 4.78 is 9.27.